The summed E-state index contributed by atoms with van der Waals surface area (Å²) >= 11 is 0. The molecule has 0 atom stereocenters. The average Bonchev–Trinajstić information content (AvgIpc) is 3.25. The molecular formula is C25H35N7O3. The third-order valence-corrected chi connectivity index (χ3v) is 5.80. The first kappa shape index (κ1) is 26.0. The Morgan fingerprint density at radius 3 is 2.60 bits per heavy atom. The number of benzene rings is 1. The molecular weight excluding hydrogens is 446 g/mol. The predicted octanol–water partition coefficient (Wildman–Crippen LogP) is 2.00. The number of urea groups is 1. The predicted molar refractivity (Wildman–Crippen MR) is 136 cm³/mol. The fourth-order valence-corrected chi connectivity index (χ4v) is 3.76. The molecule has 2 heterocycles. The number of likely N-dealkylation sites (tertiary alicyclic amines) is 1. The number of anilines is 2. The van der Waals surface area contributed by atoms with E-state index in [0.29, 0.717) is 50.5 Å². The van der Waals surface area contributed by atoms with E-state index in [9.17, 15) is 14.4 Å². The second-order valence-corrected chi connectivity index (χ2v) is 8.89. The van der Waals surface area contributed by atoms with Crippen LogP contribution in [0.15, 0.2) is 42.6 Å². The first-order valence-electron chi connectivity index (χ1n) is 11.9. The second-order valence-electron chi connectivity index (χ2n) is 8.89. The van der Waals surface area contributed by atoms with Crippen LogP contribution in [0, 0.1) is 0 Å². The van der Waals surface area contributed by atoms with Crippen LogP contribution in [-0.2, 0) is 11.3 Å². The van der Waals surface area contributed by atoms with Crippen molar-refractivity contribution in [2.24, 2.45) is 0 Å². The van der Waals surface area contributed by atoms with Gasteiger partial charge in [0.1, 0.15) is 5.69 Å². The molecule has 0 spiro atoms. The van der Waals surface area contributed by atoms with E-state index < -0.39 is 0 Å². The van der Waals surface area contributed by atoms with Gasteiger partial charge in [-0.05, 0) is 50.7 Å². The van der Waals surface area contributed by atoms with Gasteiger partial charge in [-0.25, -0.2) is 4.79 Å². The molecule has 0 bridgehead atoms. The van der Waals surface area contributed by atoms with Gasteiger partial charge >= 0.3 is 6.03 Å². The molecule has 1 saturated heterocycles. The summed E-state index contributed by atoms with van der Waals surface area (Å²) in [6.07, 6.45) is 3.87. The number of nitrogens with two attached hydrogens (primary N) is 1. The highest BCUT2D eigenvalue weighted by Crippen LogP contribution is 2.17. The van der Waals surface area contributed by atoms with Crippen LogP contribution < -0.4 is 16.4 Å². The van der Waals surface area contributed by atoms with E-state index >= 15 is 0 Å². The van der Waals surface area contributed by atoms with E-state index in [4.69, 9.17) is 5.73 Å². The van der Waals surface area contributed by atoms with Crippen LogP contribution in [0.1, 0.15) is 35.3 Å². The minimum atomic E-state index is -0.354. The van der Waals surface area contributed by atoms with Gasteiger partial charge in [0, 0.05) is 51.9 Å². The number of nitrogen functional groups attached to an aromatic ring is 1. The van der Waals surface area contributed by atoms with Crippen LogP contribution in [0.3, 0.4) is 0 Å². The Balaban J connectivity index is 1.54. The number of carbonyl (C=O) groups excluding carboxylic acids is 3. The number of nitrogens with one attached hydrogen (secondary N) is 2. The largest absolute Gasteiger partial charge is 0.397 e. The van der Waals surface area contributed by atoms with Gasteiger partial charge in [0.25, 0.3) is 5.91 Å². The zero-order valence-corrected chi connectivity index (χ0v) is 20.5. The standard InChI is InChI=1S/C25H35N7O3/c1-30(2)15-16-32(25(35)27-12-6-14-31-13-5-9-23(31)33)18-19-10-11-22(28-17-19)24(34)29-21-8-4-3-7-20(21)26/h3-4,7-8,10-11,17H,5-6,9,12-16,18,26H2,1-2H3,(H,27,35)(H,29,34). The van der Waals surface area contributed by atoms with Crippen LogP contribution in [0.25, 0.3) is 0 Å². The van der Waals surface area contributed by atoms with Crippen molar-refractivity contribution in [3.05, 3.63) is 53.9 Å². The molecule has 188 valence electrons. The Bertz CT molecular complexity index is 1010. The van der Waals surface area contributed by atoms with Crippen molar-refractivity contribution in [1.82, 2.24) is 25.0 Å². The SMILES string of the molecule is CN(C)CCN(Cc1ccc(C(=O)Nc2ccccc2N)nc1)C(=O)NCCCN1CCCC1=O. The zero-order chi connectivity index (χ0) is 25.2. The summed E-state index contributed by atoms with van der Waals surface area (Å²) < 4.78 is 0. The maximum Gasteiger partial charge on any atom is 0.317 e. The lowest BCUT2D eigenvalue weighted by Crippen LogP contribution is -2.43. The van der Waals surface area contributed by atoms with E-state index in [-0.39, 0.29) is 23.5 Å². The summed E-state index contributed by atoms with van der Waals surface area (Å²) in [5.74, 6) is -0.158. The highest BCUT2D eigenvalue weighted by Gasteiger charge is 2.20. The van der Waals surface area contributed by atoms with Crippen LogP contribution in [0.2, 0.25) is 0 Å². The number of amides is 4. The van der Waals surface area contributed by atoms with Gasteiger partial charge in [-0.2, -0.15) is 0 Å². The first-order chi connectivity index (χ1) is 16.8. The third kappa shape index (κ3) is 7.96. The molecule has 1 fully saturated rings. The number of likely N-dealkylation sites (N-methyl/N-ethyl adjacent to an activating group) is 1. The highest BCUT2D eigenvalue weighted by atomic mass is 16.2. The number of para-hydroxylation sites is 2. The Morgan fingerprint density at radius 2 is 1.94 bits per heavy atom. The number of aromatic nitrogens is 1. The molecule has 1 aliphatic rings. The smallest absolute Gasteiger partial charge is 0.317 e. The third-order valence-electron chi connectivity index (χ3n) is 5.80. The molecule has 1 aliphatic heterocycles. The van der Waals surface area contributed by atoms with Crippen LogP contribution >= 0.6 is 0 Å². The van der Waals surface area contributed by atoms with Crippen molar-refractivity contribution in [1.29, 1.82) is 0 Å². The van der Waals surface area contributed by atoms with E-state index in [1.807, 2.05) is 23.9 Å². The normalized spacial score (nSPS) is 13.2. The fourth-order valence-electron chi connectivity index (χ4n) is 3.76. The molecule has 4 N–H and O–H groups in total. The molecule has 0 saturated carbocycles. The number of rotatable bonds is 11. The lowest BCUT2D eigenvalue weighted by Gasteiger charge is -2.25. The van der Waals surface area contributed by atoms with Gasteiger partial charge < -0.3 is 31.1 Å². The molecule has 0 unspecified atom stereocenters. The Kier molecular flexibility index (Phi) is 9.42. The van der Waals surface area contributed by atoms with Crippen molar-refractivity contribution >= 4 is 29.2 Å². The van der Waals surface area contributed by atoms with Crippen molar-refractivity contribution in [3.63, 3.8) is 0 Å². The summed E-state index contributed by atoms with van der Waals surface area (Å²) in [7, 11) is 3.91. The van der Waals surface area contributed by atoms with Gasteiger partial charge in [0.2, 0.25) is 5.91 Å². The number of pyridine rings is 1. The topological polar surface area (TPSA) is 124 Å². The number of nitrogens with zero attached hydrogens (tertiary/aromatic N) is 4. The maximum atomic E-state index is 12.9. The summed E-state index contributed by atoms with van der Waals surface area (Å²) in [6, 6.07) is 10.3. The van der Waals surface area contributed by atoms with Gasteiger partial charge in [-0.15, -0.1) is 0 Å². The van der Waals surface area contributed by atoms with E-state index in [0.717, 1.165) is 24.9 Å². The Labute approximate surface area is 206 Å². The van der Waals surface area contributed by atoms with Gasteiger partial charge in [0.15, 0.2) is 0 Å². The summed E-state index contributed by atoms with van der Waals surface area (Å²) in [4.78, 5) is 47.0. The molecule has 3 rings (SSSR count). The Hall–Kier alpha value is -3.66. The number of hydrogen-bond acceptors (Lipinski definition) is 6. The fraction of sp³-hybridized carbons (Fsp3) is 0.440. The molecule has 2 aromatic rings. The summed E-state index contributed by atoms with van der Waals surface area (Å²) in [5.41, 5.74) is 7.97. The quantitative estimate of drug-likeness (QED) is 0.333. The van der Waals surface area contributed by atoms with Gasteiger partial charge in [-0.1, -0.05) is 18.2 Å². The number of carbonyl (C=O) groups is 3. The van der Waals surface area contributed by atoms with Gasteiger partial charge in [-0.3, -0.25) is 14.6 Å². The monoisotopic (exact) mass is 481 g/mol. The molecule has 1 aromatic carbocycles. The lowest BCUT2D eigenvalue weighted by molar-refractivity contribution is -0.127. The summed E-state index contributed by atoms with van der Waals surface area (Å²) in [6.45, 7) is 3.59. The van der Waals surface area contributed by atoms with E-state index in [1.54, 1.807) is 47.5 Å². The molecule has 4 amide bonds. The number of hydrogen-bond donors (Lipinski definition) is 3. The van der Waals surface area contributed by atoms with Crippen LogP contribution in [-0.4, -0.2) is 84.3 Å². The van der Waals surface area contributed by atoms with E-state index in [1.165, 1.54) is 0 Å². The second kappa shape index (κ2) is 12.7. The lowest BCUT2D eigenvalue weighted by atomic mass is 10.2. The maximum absolute atomic E-state index is 12.9. The highest BCUT2D eigenvalue weighted by molar-refractivity contribution is 6.04. The van der Waals surface area contributed by atoms with Crippen molar-refractivity contribution in [2.45, 2.75) is 25.8 Å². The van der Waals surface area contributed by atoms with E-state index in [2.05, 4.69) is 15.6 Å². The molecule has 10 heteroatoms. The average molecular weight is 482 g/mol. The first-order valence-corrected chi connectivity index (χ1v) is 11.9. The molecule has 35 heavy (non-hydrogen) atoms. The summed E-state index contributed by atoms with van der Waals surface area (Å²) in [5, 5.41) is 5.72. The van der Waals surface area contributed by atoms with Crippen molar-refractivity contribution in [3.8, 4) is 0 Å². The Morgan fingerprint density at radius 1 is 1.14 bits per heavy atom. The van der Waals surface area contributed by atoms with Crippen molar-refractivity contribution in [2.75, 3.05) is 57.9 Å². The van der Waals surface area contributed by atoms with Crippen LogP contribution in [0.4, 0.5) is 16.2 Å². The minimum absolute atomic E-state index is 0.166. The molecule has 10 nitrogen and oxygen atoms in total. The molecule has 0 radical (unpaired) electrons. The zero-order valence-electron chi connectivity index (χ0n) is 20.5. The van der Waals surface area contributed by atoms with Crippen LogP contribution in [0.5, 0.6) is 0 Å². The van der Waals surface area contributed by atoms with Gasteiger partial charge in [0.05, 0.1) is 11.4 Å². The van der Waals surface area contributed by atoms with Crippen molar-refractivity contribution < 1.29 is 14.4 Å². The molecule has 0 aliphatic carbocycles. The molecule has 1 aromatic heterocycles. The minimum Gasteiger partial charge on any atom is -0.397 e.